The molecule has 0 amide bonds. The molecule has 2 unspecified atom stereocenters. The van der Waals surface area contributed by atoms with Crippen molar-refractivity contribution in [3.05, 3.63) is 28.2 Å². The first-order chi connectivity index (χ1) is 8.01. The van der Waals surface area contributed by atoms with Gasteiger partial charge in [0.1, 0.15) is 0 Å². The Balaban J connectivity index is 3.03. The zero-order valence-electron chi connectivity index (χ0n) is 11.1. The van der Waals surface area contributed by atoms with Crippen LogP contribution in [0.4, 0.5) is 5.69 Å². The van der Waals surface area contributed by atoms with Gasteiger partial charge in [0.05, 0.1) is 6.10 Å². The number of rotatable bonds is 5. The average Bonchev–Trinajstić information content (AvgIpc) is 2.29. The van der Waals surface area contributed by atoms with Crippen molar-refractivity contribution in [2.45, 2.75) is 46.3 Å². The highest BCUT2D eigenvalue weighted by molar-refractivity contribution is 9.10. The van der Waals surface area contributed by atoms with E-state index in [-0.39, 0.29) is 0 Å². The fraction of sp³-hybridized carbons (Fsp3) is 0.571. The normalized spacial score (nSPS) is 14.5. The van der Waals surface area contributed by atoms with Gasteiger partial charge in [0.15, 0.2) is 0 Å². The molecule has 3 heteroatoms. The maximum absolute atomic E-state index is 9.60. The highest BCUT2D eigenvalue weighted by atomic mass is 79.9. The van der Waals surface area contributed by atoms with E-state index in [1.807, 2.05) is 6.07 Å². The molecule has 0 aliphatic rings. The predicted octanol–water partition coefficient (Wildman–Crippen LogP) is 4.13. The van der Waals surface area contributed by atoms with Crippen LogP contribution in [0.25, 0.3) is 0 Å². The molecule has 1 aromatic rings. The summed E-state index contributed by atoms with van der Waals surface area (Å²) in [4.78, 5) is 2.37. The molecule has 0 saturated carbocycles. The minimum Gasteiger partial charge on any atom is -0.389 e. The van der Waals surface area contributed by atoms with E-state index < -0.39 is 6.10 Å². The number of aliphatic hydroxyl groups is 1. The van der Waals surface area contributed by atoms with Gasteiger partial charge in [-0.15, -0.1) is 0 Å². The van der Waals surface area contributed by atoms with Gasteiger partial charge in [0, 0.05) is 22.7 Å². The zero-order valence-corrected chi connectivity index (χ0v) is 12.7. The van der Waals surface area contributed by atoms with E-state index in [0.717, 1.165) is 23.0 Å². The van der Waals surface area contributed by atoms with Crippen LogP contribution < -0.4 is 4.90 Å². The monoisotopic (exact) mass is 299 g/mol. The van der Waals surface area contributed by atoms with E-state index in [0.29, 0.717) is 6.04 Å². The average molecular weight is 300 g/mol. The van der Waals surface area contributed by atoms with Crippen LogP contribution in [0.3, 0.4) is 0 Å². The summed E-state index contributed by atoms with van der Waals surface area (Å²) in [5.74, 6) is 0. The number of aliphatic hydroxyl groups excluding tert-OH is 1. The number of hydrogen-bond acceptors (Lipinski definition) is 2. The van der Waals surface area contributed by atoms with Crippen LogP contribution in [0.15, 0.2) is 22.7 Å². The molecule has 1 rings (SSSR count). The van der Waals surface area contributed by atoms with Gasteiger partial charge in [-0.25, -0.2) is 0 Å². The van der Waals surface area contributed by atoms with Gasteiger partial charge < -0.3 is 10.0 Å². The van der Waals surface area contributed by atoms with Gasteiger partial charge in [-0.1, -0.05) is 28.9 Å². The summed E-state index contributed by atoms with van der Waals surface area (Å²) >= 11 is 3.53. The molecule has 0 spiro atoms. The lowest BCUT2D eigenvalue weighted by Gasteiger charge is -2.30. The van der Waals surface area contributed by atoms with Crippen molar-refractivity contribution in [3.8, 4) is 0 Å². The molecule has 0 aliphatic heterocycles. The summed E-state index contributed by atoms with van der Waals surface area (Å²) in [5, 5.41) is 9.60. The van der Waals surface area contributed by atoms with Crippen LogP contribution >= 0.6 is 15.9 Å². The van der Waals surface area contributed by atoms with Crippen molar-refractivity contribution in [2.24, 2.45) is 0 Å². The number of benzene rings is 1. The molecule has 1 N–H and O–H groups in total. The first-order valence-corrected chi connectivity index (χ1v) is 7.04. The van der Waals surface area contributed by atoms with Gasteiger partial charge in [0.2, 0.25) is 0 Å². The first-order valence-electron chi connectivity index (χ1n) is 6.25. The summed E-state index contributed by atoms with van der Waals surface area (Å²) in [5.41, 5.74) is 2.15. The minimum atomic E-state index is -0.433. The van der Waals surface area contributed by atoms with Gasteiger partial charge in [-0.3, -0.25) is 0 Å². The third-order valence-electron chi connectivity index (χ3n) is 3.23. The second-order valence-corrected chi connectivity index (χ2v) is 5.28. The van der Waals surface area contributed by atoms with Gasteiger partial charge in [-0.2, -0.15) is 0 Å². The predicted molar refractivity (Wildman–Crippen MR) is 77.5 cm³/mol. The quantitative estimate of drug-likeness (QED) is 0.884. The molecule has 2 nitrogen and oxygen atoms in total. The topological polar surface area (TPSA) is 23.5 Å². The second-order valence-electron chi connectivity index (χ2n) is 4.43. The highest BCUT2D eigenvalue weighted by Crippen LogP contribution is 2.29. The molecule has 0 aromatic heterocycles. The van der Waals surface area contributed by atoms with Crippen LogP contribution in [0.5, 0.6) is 0 Å². The van der Waals surface area contributed by atoms with Crippen LogP contribution in [0, 0.1) is 0 Å². The number of nitrogens with zero attached hydrogens (tertiary/aromatic N) is 1. The lowest BCUT2D eigenvalue weighted by Crippen LogP contribution is -2.32. The maximum atomic E-state index is 9.60. The Labute approximate surface area is 113 Å². The number of anilines is 1. The van der Waals surface area contributed by atoms with E-state index in [4.69, 9.17) is 0 Å². The smallest absolute Gasteiger partial charge is 0.0772 e. The van der Waals surface area contributed by atoms with Crippen molar-refractivity contribution in [3.63, 3.8) is 0 Å². The second kappa shape index (κ2) is 6.41. The lowest BCUT2D eigenvalue weighted by atomic mass is 10.1. The third-order valence-corrected chi connectivity index (χ3v) is 3.92. The van der Waals surface area contributed by atoms with Crippen molar-refractivity contribution in [1.29, 1.82) is 0 Å². The molecular formula is C14H22BrNO. The van der Waals surface area contributed by atoms with E-state index in [9.17, 15) is 5.11 Å². The highest BCUT2D eigenvalue weighted by Gasteiger charge is 2.13. The van der Waals surface area contributed by atoms with Crippen LogP contribution in [-0.2, 0) is 0 Å². The molecule has 0 aliphatic carbocycles. The van der Waals surface area contributed by atoms with E-state index in [2.05, 4.69) is 53.7 Å². The minimum absolute atomic E-state index is 0.433. The molecule has 0 heterocycles. The molecule has 17 heavy (non-hydrogen) atoms. The maximum Gasteiger partial charge on any atom is 0.0772 e. The summed E-state index contributed by atoms with van der Waals surface area (Å²) in [6, 6.07) is 6.71. The Morgan fingerprint density at radius 2 is 1.94 bits per heavy atom. The van der Waals surface area contributed by atoms with E-state index in [1.54, 1.807) is 6.92 Å². The molecule has 96 valence electrons. The van der Waals surface area contributed by atoms with Crippen molar-refractivity contribution in [1.82, 2.24) is 0 Å². The summed E-state index contributed by atoms with van der Waals surface area (Å²) < 4.78 is 0.978. The van der Waals surface area contributed by atoms with Crippen LogP contribution in [0.1, 0.15) is 45.8 Å². The van der Waals surface area contributed by atoms with E-state index in [1.165, 1.54) is 5.69 Å². The summed E-state index contributed by atoms with van der Waals surface area (Å²) in [7, 11) is 0. The number of halogens is 1. The van der Waals surface area contributed by atoms with Gasteiger partial charge >= 0.3 is 0 Å². The molecule has 1 aromatic carbocycles. The molecule has 0 fully saturated rings. The fourth-order valence-electron chi connectivity index (χ4n) is 2.00. The lowest BCUT2D eigenvalue weighted by molar-refractivity contribution is 0.198. The molecule has 0 radical (unpaired) electrons. The SMILES string of the molecule is CCC(C)N(CC)c1ccc(C(C)O)c(Br)c1. The number of hydrogen-bond donors (Lipinski definition) is 1. The summed E-state index contributed by atoms with van der Waals surface area (Å²) in [6.07, 6.45) is 0.695. The standard InChI is InChI=1S/C14H22BrNO/c1-5-10(3)16(6-2)12-7-8-13(11(4)17)14(15)9-12/h7-11,17H,5-6H2,1-4H3. The molecule has 2 atom stereocenters. The largest absolute Gasteiger partial charge is 0.389 e. The Bertz CT molecular complexity index is 365. The molecular weight excluding hydrogens is 278 g/mol. The fourth-order valence-corrected chi connectivity index (χ4v) is 2.70. The van der Waals surface area contributed by atoms with Crippen molar-refractivity contribution < 1.29 is 5.11 Å². The van der Waals surface area contributed by atoms with Crippen molar-refractivity contribution >= 4 is 21.6 Å². The van der Waals surface area contributed by atoms with Crippen LogP contribution in [0.2, 0.25) is 0 Å². The Kier molecular flexibility index (Phi) is 5.47. The van der Waals surface area contributed by atoms with E-state index >= 15 is 0 Å². The summed E-state index contributed by atoms with van der Waals surface area (Å²) in [6.45, 7) is 9.39. The molecule has 0 saturated heterocycles. The Morgan fingerprint density at radius 1 is 1.29 bits per heavy atom. The Hall–Kier alpha value is -0.540. The zero-order chi connectivity index (χ0) is 13.0. The van der Waals surface area contributed by atoms with Crippen molar-refractivity contribution in [2.75, 3.05) is 11.4 Å². The third kappa shape index (κ3) is 3.46. The van der Waals surface area contributed by atoms with Gasteiger partial charge in [0.25, 0.3) is 0 Å². The van der Waals surface area contributed by atoms with Gasteiger partial charge in [-0.05, 0) is 44.9 Å². The first kappa shape index (κ1) is 14.5. The Morgan fingerprint density at radius 3 is 2.35 bits per heavy atom. The molecule has 0 bridgehead atoms. The van der Waals surface area contributed by atoms with Crippen LogP contribution in [-0.4, -0.2) is 17.7 Å².